The molecule has 0 unspecified atom stereocenters. The number of para-hydroxylation sites is 1. The van der Waals surface area contributed by atoms with Crippen LogP contribution in [0, 0.1) is 0 Å². The molecule has 0 bridgehead atoms. The van der Waals surface area contributed by atoms with Crippen LogP contribution in [0.3, 0.4) is 0 Å². The van der Waals surface area contributed by atoms with Crippen molar-refractivity contribution < 1.29 is 13.2 Å². The lowest BCUT2D eigenvalue weighted by Crippen LogP contribution is -2.46. The Morgan fingerprint density at radius 1 is 1.25 bits per heavy atom. The van der Waals surface area contributed by atoms with Crippen LogP contribution in [-0.2, 0) is 14.8 Å². The van der Waals surface area contributed by atoms with E-state index in [4.69, 9.17) is 0 Å². The second-order valence-electron chi connectivity index (χ2n) is 6.73. The number of carbonyl (C=O) groups is 1. The molecule has 1 heterocycles. The van der Waals surface area contributed by atoms with Gasteiger partial charge in [-0.1, -0.05) is 32.0 Å². The predicted molar refractivity (Wildman–Crippen MR) is 96.6 cm³/mol. The van der Waals surface area contributed by atoms with Gasteiger partial charge in [-0.3, -0.25) is 9.69 Å². The standard InChI is InChI=1S/C17H27N3O3S/c1-13(2)15-6-4-5-7-16(15)18-17(21)12-20-10-8-14(9-11-20)19-24(3,22)23/h4-7,13-14,19H,8-12H2,1-3H3,(H,18,21). The maximum atomic E-state index is 12.3. The summed E-state index contributed by atoms with van der Waals surface area (Å²) < 4.78 is 25.2. The number of sulfonamides is 1. The van der Waals surface area contributed by atoms with Gasteiger partial charge in [0.25, 0.3) is 0 Å². The van der Waals surface area contributed by atoms with Gasteiger partial charge in [-0.25, -0.2) is 13.1 Å². The Balaban J connectivity index is 1.84. The maximum absolute atomic E-state index is 12.3. The number of hydrogen-bond acceptors (Lipinski definition) is 4. The quantitative estimate of drug-likeness (QED) is 0.817. The Morgan fingerprint density at radius 2 is 1.88 bits per heavy atom. The van der Waals surface area contributed by atoms with Gasteiger partial charge < -0.3 is 5.32 Å². The lowest BCUT2D eigenvalue weighted by Gasteiger charge is -2.31. The summed E-state index contributed by atoms with van der Waals surface area (Å²) in [4.78, 5) is 14.4. The SMILES string of the molecule is CC(C)c1ccccc1NC(=O)CN1CCC(NS(C)(=O)=O)CC1. The molecule has 1 aromatic carbocycles. The second kappa shape index (κ2) is 8.09. The summed E-state index contributed by atoms with van der Waals surface area (Å²) in [5.41, 5.74) is 1.99. The minimum Gasteiger partial charge on any atom is -0.325 e. The molecular weight excluding hydrogens is 326 g/mol. The van der Waals surface area contributed by atoms with E-state index in [1.165, 1.54) is 6.26 Å². The molecule has 24 heavy (non-hydrogen) atoms. The summed E-state index contributed by atoms with van der Waals surface area (Å²) in [6.45, 7) is 5.96. The molecule has 1 amide bonds. The molecule has 1 aliphatic rings. The number of hydrogen-bond donors (Lipinski definition) is 2. The van der Waals surface area contributed by atoms with E-state index in [0.29, 0.717) is 25.6 Å². The fourth-order valence-corrected chi connectivity index (χ4v) is 3.86. The van der Waals surface area contributed by atoms with Crippen LogP contribution in [0.4, 0.5) is 5.69 Å². The fraction of sp³-hybridized carbons (Fsp3) is 0.588. The molecule has 7 heteroatoms. The van der Waals surface area contributed by atoms with Gasteiger partial charge >= 0.3 is 0 Å². The Morgan fingerprint density at radius 3 is 2.46 bits per heavy atom. The maximum Gasteiger partial charge on any atom is 0.238 e. The third-order valence-corrected chi connectivity index (χ3v) is 4.95. The van der Waals surface area contributed by atoms with Gasteiger partial charge in [0, 0.05) is 24.8 Å². The van der Waals surface area contributed by atoms with E-state index in [1.54, 1.807) is 0 Å². The van der Waals surface area contributed by atoms with Crippen molar-refractivity contribution in [2.75, 3.05) is 31.2 Å². The summed E-state index contributed by atoms with van der Waals surface area (Å²) in [5, 5.41) is 3.00. The molecular formula is C17H27N3O3S. The zero-order valence-electron chi connectivity index (χ0n) is 14.6. The molecule has 2 N–H and O–H groups in total. The molecule has 1 aromatic rings. The highest BCUT2D eigenvalue weighted by Crippen LogP contribution is 2.23. The van der Waals surface area contributed by atoms with Gasteiger partial charge in [0.2, 0.25) is 15.9 Å². The van der Waals surface area contributed by atoms with Crippen molar-refractivity contribution in [2.24, 2.45) is 0 Å². The molecule has 1 saturated heterocycles. The second-order valence-corrected chi connectivity index (χ2v) is 8.51. The van der Waals surface area contributed by atoms with Gasteiger partial charge in [-0.15, -0.1) is 0 Å². The number of likely N-dealkylation sites (tertiary alicyclic amines) is 1. The van der Waals surface area contributed by atoms with Crippen LogP contribution in [0.1, 0.15) is 38.2 Å². The highest BCUT2D eigenvalue weighted by molar-refractivity contribution is 7.88. The van der Waals surface area contributed by atoms with Crippen LogP contribution in [0.2, 0.25) is 0 Å². The van der Waals surface area contributed by atoms with E-state index in [9.17, 15) is 13.2 Å². The minimum atomic E-state index is -3.17. The smallest absolute Gasteiger partial charge is 0.238 e. The van der Waals surface area contributed by atoms with Crippen LogP contribution in [0.25, 0.3) is 0 Å². The molecule has 0 radical (unpaired) electrons. The highest BCUT2D eigenvalue weighted by atomic mass is 32.2. The molecule has 1 aliphatic heterocycles. The average molecular weight is 353 g/mol. The number of piperidine rings is 1. The first-order chi connectivity index (χ1) is 11.2. The van der Waals surface area contributed by atoms with Gasteiger partial charge in [0.1, 0.15) is 0 Å². The number of benzene rings is 1. The summed E-state index contributed by atoms with van der Waals surface area (Å²) in [7, 11) is -3.17. The Hall–Kier alpha value is -1.44. The normalized spacial score (nSPS) is 17.2. The average Bonchev–Trinajstić information content (AvgIpc) is 2.48. The Kier molecular flexibility index (Phi) is 6.37. The first-order valence-electron chi connectivity index (χ1n) is 8.33. The number of amides is 1. The summed E-state index contributed by atoms with van der Waals surface area (Å²) in [6, 6.07) is 7.83. The molecule has 0 atom stereocenters. The molecule has 0 aliphatic carbocycles. The van der Waals surface area contributed by atoms with E-state index in [2.05, 4.69) is 28.8 Å². The van der Waals surface area contributed by atoms with E-state index in [1.807, 2.05) is 24.3 Å². The largest absolute Gasteiger partial charge is 0.325 e. The van der Waals surface area contributed by atoms with Gasteiger partial charge in [-0.2, -0.15) is 0 Å². The number of rotatable bonds is 6. The van der Waals surface area contributed by atoms with Crippen molar-refractivity contribution in [1.82, 2.24) is 9.62 Å². The van der Waals surface area contributed by atoms with Crippen LogP contribution in [0.5, 0.6) is 0 Å². The van der Waals surface area contributed by atoms with E-state index >= 15 is 0 Å². The molecule has 0 aromatic heterocycles. The number of carbonyl (C=O) groups excluding carboxylic acids is 1. The van der Waals surface area contributed by atoms with Crippen molar-refractivity contribution >= 4 is 21.6 Å². The van der Waals surface area contributed by atoms with Crippen LogP contribution in [0.15, 0.2) is 24.3 Å². The number of nitrogens with zero attached hydrogens (tertiary/aromatic N) is 1. The fourth-order valence-electron chi connectivity index (χ4n) is 3.02. The van der Waals surface area contributed by atoms with Crippen LogP contribution >= 0.6 is 0 Å². The van der Waals surface area contributed by atoms with Gasteiger partial charge in [0.15, 0.2) is 0 Å². The number of anilines is 1. The zero-order valence-corrected chi connectivity index (χ0v) is 15.4. The molecule has 2 rings (SSSR count). The van der Waals surface area contributed by atoms with Crippen molar-refractivity contribution in [2.45, 2.75) is 38.6 Å². The lowest BCUT2D eigenvalue weighted by molar-refractivity contribution is -0.117. The summed E-state index contributed by atoms with van der Waals surface area (Å²) in [5.74, 6) is 0.317. The third-order valence-electron chi connectivity index (χ3n) is 4.19. The topological polar surface area (TPSA) is 78.5 Å². The van der Waals surface area contributed by atoms with Crippen LogP contribution < -0.4 is 10.0 Å². The number of nitrogens with one attached hydrogen (secondary N) is 2. The predicted octanol–water partition coefficient (Wildman–Crippen LogP) is 1.76. The Labute approximate surface area is 144 Å². The summed E-state index contributed by atoms with van der Waals surface area (Å²) >= 11 is 0. The monoisotopic (exact) mass is 353 g/mol. The first kappa shape index (κ1) is 18.9. The summed E-state index contributed by atoms with van der Waals surface area (Å²) in [6.07, 6.45) is 2.63. The van der Waals surface area contributed by atoms with Crippen molar-refractivity contribution in [3.63, 3.8) is 0 Å². The van der Waals surface area contributed by atoms with Crippen molar-refractivity contribution in [3.05, 3.63) is 29.8 Å². The van der Waals surface area contributed by atoms with Crippen molar-refractivity contribution in [1.29, 1.82) is 0 Å². The minimum absolute atomic E-state index is 0.0269. The lowest BCUT2D eigenvalue weighted by atomic mass is 10.0. The highest BCUT2D eigenvalue weighted by Gasteiger charge is 2.23. The molecule has 6 nitrogen and oxygen atoms in total. The molecule has 1 fully saturated rings. The van der Waals surface area contributed by atoms with Crippen molar-refractivity contribution in [3.8, 4) is 0 Å². The molecule has 0 spiro atoms. The third kappa shape index (κ3) is 5.89. The Bertz CT molecular complexity index is 665. The van der Waals surface area contributed by atoms with Gasteiger partial charge in [-0.05, 0) is 30.4 Å². The van der Waals surface area contributed by atoms with E-state index in [0.717, 1.165) is 24.1 Å². The van der Waals surface area contributed by atoms with Gasteiger partial charge in [0.05, 0.1) is 12.8 Å². The van der Waals surface area contributed by atoms with E-state index in [-0.39, 0.29) is 11.9 Å². The first-order valence-corrected chi connectivity index (χ1v) is 10.2. The van der Waals surface area contributed by atoms with Crippen LogP contribution in [-0.4, -0.2) is 51.2 Å². The molecule has 134 valence electrons. The zero-order chi connectivity index (χ0) is 17.7. The molecule has 0 saturated carbocycles. The van der Waals surface area contributed by atoms with E-state index < -0.39 is 10.0 Å².